The Hall–Kier alpha value is -3.01. The van der Waals surface area contributed by atoms with Crippen molar-refractivity contribution < 1.29 is 4.39 Å². The molecule has 3 N–H and O–H groups in total. The normalized spacial score (nSPS) is 11.0. The van der Waals surface area contributed by atoms with E-state index in [1.165, 1.54) is 12.1 Å². The summed E-state index contributed by atoms with van der Waals surface area (Å²) in [5, 5.41) is 16.3. The van der Waals surface area contributed by atoms with Crippen molar-refractivity contribution in [2.45, 2.75) is 19.8 Å². The molecular weight excluding hydrogens is 283 g/mol. The van der Waals surface area contributed by atoms with Crippen molar-refractivity contribution in [2.75, 3.05) is 5.73 Å². The monoisotopic (exact) mass is 296 g/mol. The van der Waals surface area contributed by atoms with E-state index in [1.54, 1.807) is 12.1 Å². The molecule has 3 rings (SSSR count). The van der Waals surface area contributed by atoms with Crippen LogP contribution < -0.4 is 5.73 Å². The number of rotatable bonds is 2. The van der Waals surface area contributed by atoms with Gasteiger partial charge in [-0.15, -0.1) is 0 Å². The minimum Gasteiger partial charge on any atom is -0.383 e. The van der Waals surface area contributed by atoms with Crippen molar-refractivity contribution in [2.24, 2.45) is 0 Å². The first-order valence-corrected chi connectivity index (χ1v) is 6.72. The fourth-order valence-electron chi connectivity index (χ4n) is 2.20. The molecule has 0 bridgehead atoms. The lowest BCUT2D eigenvalue weighted by Crippen LogP contribution is -2.02. The third kappa shape index (κ3) is 2.15. The number of hydrogen-bond donors (Lipinski definition) is 2. The number of nitriles is 1. The average Bonchev–Trinajstić information content (AvgIpc) is 2.91. The van der Waals surface area contributed by atoms with Gasteiger partial charge in [0.05, 0.1) is 16.6 Å². The molecule has 0 atom stereocenters. The standard InChI is InChI=1S/C15H13FN6/c1-7(2)14-19-13(18)11-12(21-22-15(11)20-14)8-3-4-9(6-17)10(16)5-8/h3-5,7H,1-2H3,(H3,18,19,20,21,22). The molecule has 6 nitrogen and oxygen atoms in total. The van der Waals surface area contributed by atoms with E-state index in [2.05, 4.69) is 20.2 Å². The lowest BCUT2D eigenvalue weighted by molar-refractivity contribution is 0.624. The molecule has 0 saturated carbocycles. The van der Waals surface area contributed by atoms with Crippen LogP contribution in [-0.2, 0) is 0 Å². The third-order valence-electron chi connectivity index (χ3n) is 3.35. The Labute approximate surface area is 125 Å². The van der Waals surface area contributed by atoms with Crippen LogP contribution >= 0.6 is 0 Å². The van der Waals surface area contributed by atoms with Crippen LogP contribution in [0.2, 0.25) is 0 Å². The number of nitrogen functional groups attached to an aromatic ring is 1. The van der Waals surface area contributed by atoms with Crippen LogP contribution in [-0.4, -0.2) is 20.2 Å². The zero-order valence-corrected chi connectivity index (χ0v) is 12.1. The van der Waals surface area contributed by atoms with E-state index in [9.17, 15) is 4.39 Å². The molecule has 7 heteroatoms. The number of H-pyrrole nitrogens is 1. The van der Waals surface area contributed by atoms with Crippen molar-refractivity contribution in [3.63, 3.8) is 0 Å². The van der Waals surface area contributed by atoms with Crippen molar-refractivity contribution in [1.82, 2.24) is 20.2 Å². The number of anilines is 1. The van der Waals surface area contributed by atoms with Crippen LogP contribution in [0, 0.1) is 17.1 Å². The highest BCUT2D eigenvalue weighted by molar-refractivity contribution is 5.98. The lowest BCUT2D eigenvalue weighted by atomic mass is 10.1. The zero-order chi connectivity index (χ0) is 15.9. The van der Waals surface area contributed by atoms with E-state index in [1.807, 2.05) is 13.8 Å². The molecule has 2 aromatic heterocycles. The number of fused-ring (bicyclic) bond motifs is 1. The smallest absolute Gasteiger partial charge is 0.187 e. The Morgan fingerprint density at radius 2 is 2.09 bits per heavy atom. The van der Waals surface area contributed by atoms with Gasteiger partial charge in [-0.3, -0.25) is 5.10 Å². The maximum Gasteiger partial charge on any atom is 0.187 e. The van der Waals surface area contributed by atoms with Gasteiger partial charge >= 0.3 is 0 Å². The summed E-state index contributed by atoms with van der Waals surface area (Å²) in [5.74, 6) is 0.427. The van der Waals surface area contributed by atoms with E-state index >= 15 is 0 Å². The first-order chi connectivity index (χ1) is 10.5. The second kappa shape index (κ2) is 5.07. The number of halogens is 1. The summed E-state index contributed by atoms with van der Waals surface area (Å²) in [7, 11) is 0. The van der Waals surface area contributed by atoms with Crippen molar-refractivity contribution >= 4 is 16.9 Å². The summed E-state index contributed by atoms with van der Waals surface area (Å²) in [4.78, 5) is 8.63. The van der Waals surface area contributed by atoms with Gasteiger partial charge in [-0.05, 0) is 12.1 Å². The molecule has 1 aromatic carbocycles. The van der Waals surface area contributed by atoms with Gasteiger partial charge in [-0.25, -0.2) is 14.4 Å². The molecule has 22 heavy (non-hydrogen) atoms. The van der Waals surface area contributed by atoms with Gasteiger partial charge in [0.25, 0.3) is 0 Å². The summed E-state index contributed by atoms with van der Waals surface area (Å²) in [6.45, 7) is 3.92. The molecule has 3 aromatic rings. The first kappa shape index (κ1) is 13.9. The van der Waals surface area contributed by atoms with Crippen LogP contribution in [0.15, 0.2) is 18.2 Å². The van der Waals surface area contributed by atoms with Crippen LogP contribution in [0.3, 0.4) is 0 Å². The quantitative estimate of drug-likeness (QED) is 0.756. The minimum atomic E-state index is -0.596. The van der Waals surface area contributed by atoms with Gasteiger partial charge in [0.1, 0.15) is 23.5 Å². The molecule has 110 valence electrons. The second-order valence-electron chi connectivity index (χ2n) is 5.23. The van der Waals surface area contributed by atoms with E-state index in [-0.39, 0.29) is 11.5 Å². The van der Waals surface area contributed by atoms with Crippen molar-refractivity contribution in [3.05, 3.63) is 35.4 Å². The Morgan fingerprint density at radius 3 is 2.73 bits per heavy atom. The fourth-order valence-corrected chi connectivity index (χ4v) is 2.20. The van der Waals surface area contributed by atoms with Crippen LogP contribution in [0.5, 0.6) is 0 Å². The van der Waals surface area contributed by atoms with E-state index in [0.717, 1.165) is 0 Å². The summed E-state index contributed by atoms with van der Waals surface area (Å²) in [6.07, 6.45) is 0. The summed E-state index contributed by atoms with van der Waals surface area (Å²) in [6, 6.07) is 6.09. The van der Waals surface area contributed by atoms with Gasteiger partial charge in [-0.1, -0.05) is 19.9 Å². The number of nitrogens with two attached hydrogens (primary N) is 1. The fraction of sp³-hybridized carbons (Fsp3) is 0.200. The zero-order valence-electron chi connectivity index (χ0n) is 12.1. The number of benzene rings is 1. The Bertz CT molecular complexity index is 906. The lowest BCUT2D eigenvalue weighted by Gasteiger charge is -2.06. The molecule has 0 aliphatic rings. The molecular formula is C15H13FN6. The van der Waals surface area contributed by atoms with E-state index in [4.69, 9.17) is 11.0 Å². The molecule has 2 heterocycles. The number of aromatic nitrogens is 4. The maximum atomic E-state index is 13.8. The number of nitrogens with one attached hydrogen (secondary N) is 1. The van der Waals surface area contributed by atoms with Gasteiger partial charge in [0.15, 0.2) is 5.65 Å². The van der Waals surface area contributed by atoms with Gasteiger partial charge < -0.3 is 5.73 Å². The summed E-state index contributed by atoms with van der Waals surface area (Å²) >= 11 is 0. The Balaban J connectivity index is 2.21. The van der Waals surface area contributed by atoms with E-state index in [0.29, 0.717) is 33.9 Å². The summed E-state index contributed by atoms with van der Waals surface area (Å²) < 4.78 is 13.8. The average molecular weight is 296 g/mol. The number of nitrogens with zero attached hydrogens (tertiary/aromatic N) is 4. The maximum absolute atomic E-state index is 13.8. The van der Waals surface area contributed by atoms with Gasteiger partial charge in [0, 0.05) is 11.5 Å². The molecule has 0 aliphatic carbocycles. The molecule has 0 aliphatic heterocycles. The minimum absolute atomic E-state index is 0.0149. The molecule has 0 fully saturated rings. The topological polar surface area (TPSA) is 104 Å². The predicted molar refractivity (Wildman–Crippen MR) is 80.3 cm³/mol. The first-order valence-electron chi connectivity index (χ1n) is 6.72. The Morgan fingerprint density at radius 1 is 1.32 bits per heavy atom. The van der Waals surface area contributed by atoms with Crippen molar-refractivity contribution in [3.8, 4) is 17.3 Å². The molecule has 0 spiro atoms. The van der Waals surface area contributed by atoms with Crippen molar-refractivity contribution in [1.29, 1.82) is 5.26 Å². The largest absolute Gasteiger partial charge is 0.383 e. The predicted octanol–water partition coefficient (Wildman–Crippen LogP) is 2.74. The number of hydrogen-bond acceptors (Lipinski definition) is 5. The Kier molecular flexibility index (Phi) is 3.22. The van der Waals surface area contributed by atoms with Crippen LogP contribution in [0.25, 0.3) is 22.3 Å². The highest BCUT2D eigenvalue weighted by Crippen LogP contribution is 2.30. The second-order valence-corrected chi connectivity index (χ2v) is 5.23. The van der Waals surface area contributed by atoms with Crippen LogP contribution in [0.4, 0.5) is 10.2 Å². The number of aromatic amines is 1. The highest BCUT2D eigenvalue weighted by atomic mass is 19.1. The van der Waals surface area contributed by atoms with Crippen LogP contribution in [0.1, 0.15) is 31.2 Å². The van der Waals surface area contributed by atoms with E-state index < -0.39 is 5.82 Å². The molecule has 0 unspecified atom stereocenters. The van der Waals surface area contributed by atoms with Gasteiger partial charge in [0.2, 0.25) is 0 Å². The SMILES string of the molecule is CC(C)c1nc(N)c2c(-c3ccc(C#N)c(F)c3)[nH]nc2n1. The third-order valence-corrected chi connectivity index (χ3v) is 3.35. The molecule has 0 radical (unpaired) electrons. The summed E-state index contributed by atoms with van der Waals surface area (Å²) in [5.41, 5.74) is 7.51. The molecule has 0 amide bonds. The highest BCUT2D eigenvalue weighted by Gasteiger charge is 2.17. The molecule has 0 saturated heterocycles. The van der Waals surface area contributed by atoms with Gasteiger partial charge in [-0.2, -0.15) is 10.4 Å².